The average molecular weight is 525 g/mol. The monoisotopic (exact) mass is 524 g/mol. The van der Waals surface area contributed by atoms with Crippen LogP contribution >= 0.6 is 0 Å². The number of amides is 1. The van der Waals surface area contributed by atoms with Crippen molar-refractivity contribution in [2.45, 2.75) is 74.5 Å². The van der Waals surface area contributed by atoms with Crippen molar-refractivity contribution in [2.24, 2.45) is 5.92 Å². The van der Waals surface area contributed by atoms with Gasteiger partial charge in [-0.1, -0.05) is 30.2 Å². The third-order valence-corrected chi connectivity index (χ3v) is 8.80. The molecule has 2 N–H and O–H groups in total. The Morgan fingerprint density at radius 2 is 2.03 bits per heavy atom. The first-order valence-electron chi connectivity index (χ1n) is 11.7. The van der Waals surface area contributed by atoms with Crippen LogP contribution in [-0.2, 0) is 31.9 Å². The van der Waals surface area contributed by atoms with E-state index in [0.717, 1.165) is 12.1 Å². The molecule has 2 heterocycles. The maximum absolute atomic E-state index is 13.7. The van der Waals surface area contributed by atoms with Gasteiger partial charge in [0, 0.05) is 19.0 Å². The van der Waals surface area contributed by atoms with Crippen LogP contribution in [0.4, 0.5) is 19.0 Å². The Hall–Kier alpha value is -2.91. The van der Waals surface area contributed by atoms with Crippen molar-refractivity contribution in [1.29, 1.82) is 5.26 Å². The van der Waals surface area contributed by atoms with Crippen LogP contribution in [0.3, 0.4) is 0 Å². The molecule has 1 aromatic carbocycles. The number of aryl methyl sites for hydroxylation is 1. The highest BCUT2D eigenvalue weighted by Gasteiger charge is 2.55. The fourth-order valence-corrected chi connectivity index (χ4v) is 6.56. The van der Waals surface area contributed by atoms with Gasteiger partial charge in [0.1, 0.15) is 23.0 Å². The summed E-state index contributed by atoms with van der Waals surface area (Å²) in [5.41, 5.74) is -1.45. The Kier molecular flexibility index (Phi) is 6.68. The average Bonchev–Trinajstić information content (AvgIpc) is 3.25. The highest BCUT2D eigenvalue weighted by atomic mass is 32.3. The minimum Gasteiger partial charge on any atom is -0.339 e. The van der Waals surface area contributed by atoms with Crippen molar-refractivity contribution in [3.63, 3.8) is 0 Å². The maximum atomic E-state index is 13.7. The first kappa shape index (κ1) is 26.2. The molecular weight excluding hydrogens is 495 g/mol. The summed E-state index contributed by atoms with van der Waals surface area (Å²) in [6.45, 7) is 6.17. The molecule has 3 atom stereocenters. The van der Waals surface area contributed by atoms with Gasteiger partial charge in [-0.3, -0.25) is 4.79 Å². The predicted octanol–water partition coefficient (Wildman–Crippen LogP) is 4.02. The number of benzene rings is 1. The smallest absolute Gasteiger partial charge is 0.339 e. The zero-order valence-electron chi connectivity index (χ0n) is 20.2. The lowest BCUT2D eigenvalue weighted by molar-refractivity contribution is -0.140. The zero-order chi connectivity index (χ0) is 26.5. The second-order valence-corrected chi connectivity index (χ2v) is 12.2. The van der Waals surface area contributed by atoms with Crippen LogP contribution in [0.1, 0.15) is 44.4 Å². The Labute approximate surface area is 208 Å². The number of aromatic nitrogens is 2. The number of halogens is 3. The molecule has 2 fully saturated rings. The zero-order valence-corrected chi connectivity index (χ0v) is 21.1. The van der Waals surface area contributed by atoms with E-state index in [1.54, 1.807) is 22.6 Å². The quantitative estimate of drug-likeness (QED) is 0.530. The normalized spacial score (nSPS) is 22.8. The Morgan fingerprint density at radius 3 is 2.61 bits per heavy atom. The molecule has 1 aliphatic carbocycles. The minimum absolute atomic E-state index is 0.123. The lowest BCUT2D eigenvalue weighted by Gasteiger charge is -2.27. The van der Waals surface area contributed by atoms with Gasteiger partial charge in [-0.05, 0) is 37.8 Å². The highest BCUT2D eigenvalue weighted by Crippen LogP contribution is 2.41. The van der Waals surface area contributed by atoms with E-state index in [1.807, 2.05) is 13.8 Å². The van der Waals surface area contributed by atoms with Gasteiger partial charge in [-0.2, -0.15) is 28.1 Å². The number of nitrogens with one attached hydrogen (secondary N) is 1. The summed E-state index contributed by atoms with van der Waals surface area (Å²) >= 11 is 0. The van der Waals surface area contributed by atoms with Crippen molar-refractivity contribution in [3.05, 3.63) is 41.6 Å². The molecule has 1 amide bonds. The van der Waals surface area contributed by atoms with Crippen LogP contribution in [0.2, 0.25) is 0 Å². The van der Waals surface area contributed by atoms with Crippen LogP contribution < -0.4 is 10.2 Å². The van der Waals surface area contributed by atoms with Crippen molar-refractivity contribution in [3.8, 4) is 6.07 Å². The number of nitriles is 1. The summed E-state index contributed by atoms with van der Waals surface area (Å²) < 4.78 is 67.5. The van der Waals surface area contributed by atoms with Crippen LogP contribution in [0, 0.1) is 24.2 Å². The number of anilines is 1. The lowest BCUT2D eigenvalue weighted by atomic mass is 10.1. The maximum Gasteiger partial charge on any atom is 0.421 e. The molecule has 0 spiro atoms. The molecule has 1 aliphatic heterocycles. The summed E-state index contributed by atoms with van der Waals surface area (Å²) in [6, 6.07) is 7.17. The van der Waals surface area contributed by atoms with E-state index >= 15 is 0 Å². The number of hydrogen-bond donors (Lipinski definition) is 2. The summed E-state index contributed by atoms with van der Waals surface area (Å²) in [5.74, 6) is 0.263. The highest BCUT2D eigenvalue weighted by molar-refractivity contribution is 7.98. The van der Waals surface area contributed by atoms with E-state index in [0.29, 0.717) is 30.9 Å². The number of rotatable bonds is 7. The van der Waals surface area contributed by atoms with E-state index in [1.165, 1.54) is 12.1 Å². The molecule has 0 radical (unpaired) electrons. The molecule has 1 saturated heterocycles. The number of alkyl halides is 3. The summed E-state index contributed by atoms with van der Waals surface area (Å²) in [5, 5.41) is 15.5. The first-order chi connectivity index (χ1) is 16.8. The summed E-state index contributed by atoms with van der Waals surface area (Å²) in [4.78, 5) is 14.3. The van der Waals surface area contributed by atoms with Crippen LogP contribution in [0.25, 0.3) is 0 Å². The molecular formula is C24H29F3N5O3S+. The molecule has 0 bridgehead atoms. The molecule has 2 aliphatic rings. The van der Waals surface area contributed by atoms with Crippen molar-refractivity contribution >= 4 is 21.9 Å². The fourth-order valence-electron chi connectivity index (χ4n) is 4.62. The van der Waals surface area contributed by atoms with Gasteiger partial charge in [0.15, 0.2) is 5.25 Å². The first-order valence-corrected chi connectivity index (χ1v) is 13.3. The predicted molar refractivity (Wildman–Crippen MR) is 127 cm³/mol. The fraction of sp³-hybridized carbons (Fsp3) is 0.542. The van der Waals surface area contributed by atoms with Gasteiger partial charge in [-0.15, -0.1) is 0 Å². The Morgan fingerprint density at radius 1 is 1.36 bits per heavy atom. The van der Waals surface area contributed by atoms with Crippen LogP contribution in [0.15, 0.2) is 35.2 Å². The molecule has 2 unspecified atom stereocenters. The van der Waals surface area contributed by atoms with Crippen LogP contribution in [0.5, 0.6) is 0 Å². The topological polar surface area (TPSA) is 111 Å². The molecule has 2 aromatic rings. The molecule has 8 nitrogen and oxygen atoms in total. The number of nitrogens with zero attached hydrogens (tertiary/aromatic N) is 4. The van der Waals surface area contributed by atoms with E-state index < -0.39 is 49.6 Å². The van der Waals surface area contributed by atoms with Crippen molar-refractivity contribution < 1.29 is 26.7 Å². The van der Waals surface area contributed by atoms with Gasteiger partial charge in [-0.25, -0.2) is 4.68 Å². The van der Waals surface area contributed by atoms with E-state index in [4.69, 9.17) is 0 Å². The van der Waals surface area contributed by atoms with Crippen molar-refractivity contribution in [1.82, 2.24) is 15.1 Å². The van der Waals surface area contributed by atoms with Gasteiger partial charge in [0.25, 0.3) is 10.2 Å². The molecule has 36 heavy (non-hydrogen) atoms. The number of carbonyl (C=O) groups excluding carboxylic acids is 1. The van der Waals surface area contributed by atoms with E-state index in [-0.39, 0.29) is 18.9 Å². The Bertz CT molecular complexity index is 1250. The third-order valence-electron chi connectivity index (χ3n) is 6.56. The summed E-state index contributed by atoms with van der Waals surface area (Å²) in [7, 11) is -4.21. The van der Waals surface area contributed by atoms with E-state index in [9.17, 15) is 32.0 Å². The lowest BCUT2D eigenvalue weighted by Crippen LogP contribution is -2.48. The Balaban J connectivity index is 1.73. The molecule has 1 aromatic heterocycles. The third kappa shape index (κ3) is 4.99. The second kappa shape index (κ2) is 9.19. The number of hydrogen-bond acceptors (Lipinski definition) is 5. The second-order valence-electron chi connectivity index (χ2n) is 9.99. The summed E-state index contributed by atoms with van der Waals surface area (Å²) in [6.07, 6.45) is -3.95. The molecule has 12 heteroatoms. The molecule has 194 valence electrons. The van der Waals surface area contributed by atoms with Crippen molar-refractivity contribution in [2.75, 3.05) is 11.4 Å². The molecule has 4 rings (SSSR count). The SMILES string of the molecule is Cc1cc(N2CC([S+](=O)(O)c3ccccc3C(F)(F)F)C[C@H]2C(=O)NC2(C#N)CC2)n(CC(C)C)n1. The standard InChI is InChI=1S/C24H28F3N5O3S/c1-15(2)12-32-21(10-16(3)30-32)31-13-17(11-19(31)22(33)29-23(14-28)8-9-23)36(34,35)20-7-5-4-6-18(20)24(25,26)27/h4-7,10,15,17,19H,8-9,11-13H2,1-3H3,(H-,29,33,34,35)/p+1/t17?,19-/m0/s1. The number of carbonyl (C=O) groups is 1. The van der Waals surface area contributed by atoms with Gasteiger partial charge < -0.3 is 10.2 Å². The van der Waals surface area contributed by atoms with Crippen LogP contribution in [-0.4, -0.2) is 43.6 Å². The molecule has 1 saturated carbocycles. The largest absolute Gasteiger partial charge is 0.421 e. The minimum atomic E-state index is -4.81. The van der Waals surface area contributed by atoms with Gasteiger partial charge in [0.2, 0.25) is 10.8 Å². The van der Waals surface area contributed by atoms with Gasteiger partial charge >= 0.3 is 6.18 Å². The van der Waals surface area contributed by atoms with E-state index in [2.05, 4.69) is 16.5 Å². The van der Waals surface area contributed by atoms with Gasteiger partial charge in [0.05, 0.1) is 18.3 Å².